The van der Waals surface area contributed by atoms with Crippen molar-refractivity contribution in [3.63, 3.8) is 0 Å². The summed E-state index contributed by atoms with van der Waals surface area (Å²) in [4.78, 5) is 0. The Hall–Kier alpha value is -0.310. The molecule has 0 spiro atoms. The number of nitrogens with one attached hydrogen (secondary N) is 1. The smallest absolute Gasteiger partial charge is 0.164 e. The van der Waals surface area contributed by atoms with Crippen molar-refractivity contribution >= 4 is 17.3 Å². The van der Waals surface area contributed by atoms with Crippen LogP contribution in [0.1, 0.15) is 32.1 Å². The van der Waals surface area contributed by atoms with Crippen LogP contribution in [0.3, 0.4) is 0 Å². The molecule has 0 aromatic carbocycles. The van der Waals surface area contributed by atoms with Gasteiger partial charge in [0.05, 0.1) is 0 Å². The molecule has 2 aliphatic carbocycles. The van der Waals surface area contributed by atoms with Crippen LogP contribution in [-0.4, -0.2) is 10.7 Å². The molecule has 11 heavy (non-hydrogen) atoms. The molecular weight excluding hydrogens is 156 g/mol. The predicted molar refractivity (Wildman–Crippen MR) is 49.2 cm³/mol. The van der Waals surface area contributed by atoms with Crippen LogP contribution in [0.5, 0.6) is 0 Å². The van der Waals surface area contributed by atoms with E-state index in [1.54, 1.807) is 0 Å². The highest BCUT2D eigenvalue weighted by Crippen LogP contribution is 2.50. The zero-order chi connectivity index (χ0) is 7.90. The predicted octanol–water partition coefficient (Wildman–Crippen LogP) is 1.15. The Morgan fingerprint density at radius 1 is 1.45 bits per heavy atom. The third-order valence-electron chi connectivity index (χ3n) is 3.05. The Kier molecular flexibility index (Phi) is 1.56. The molecule has 2 fully saturated rings. The molecule has 0 aromatic rings. The summed E-state index contributed by atoms with van der Waals surface area (Å²) < 4.78 is 0. The first-order chi connectivity index (χ1) is 5.23. The van der Waals surface area contributed by atoms with E-state index in [0.29, 0.717) is 10.7 Å². The maximum Gasteiger partial charge on any atom is 0.164 e. The summed E-state index contributed by atoms with van der Waals surface area (Å²) in [7, 11) is 0. The highest BCUT2D eigenvalue weighted by Gasteiger charge is 2.51. The lowest BCUT2D eigenvalue weighted by molar-refractivity contribution is 0.231. The molecule has 2 saturated carbocycles. The molecule has 0 atom stereocenters. The van der Waals surface area contributed by atoms with Gasteiger partial charge in [0, 0.05) is 5.54 Å². The molecular formula is C8H14N2S. The number of rotatable bonds is 2. The van der Waals surface area contributed by atoms with E-state index in [2.05, 4.69) is 5.32 Å². The van der Waals surface area contributed by atoms with E-state index in [1.807, 2.05) is 0 Å². The first-order valence-electron chi connectivity index (χ1n) is 4.31. The van der Waals surface area contributed by atoms with Crippen molar-refractivity contribution < 1.29 is 0 Å². The minimum atomic E-state index is 0.351. The maximum atomic E-state index is 5.46. The van der Waals surface area contributed by atoms with E-state index in [1.165, 1.54) is 32.1 Å². The average molecular weight is 170 g/mol. The van der Waals surface area contributed by atoms with Crippen molar-refractivity contribution in [2.75, 3.05) is 0 Å². The van der Waals surface area contributed by atoms with E-state index in [9.17, 15) is 0 Å². The Morgan fingerprint density at radius 2 is 2.09 bits per heavy atom. The van der Waals surface area contributed by atoms with E-state index in [0.717, 1.165) is 5.92 Å². The second-order valence-corrected chi connectivity index (χ2v) is 4.21. The molecule has 62 valence electrons. The molecule has 0 amide bonds. The molecule has 0 unspecified atom stereocenters. The number of nitrogens with two attached hydrogens (primary N) is 1. The van der Waals surface area contributed by atoms with Crippen molar-refractivity contribution in [3.8, 4) is 0 Å². The lowest BCUT2D eigenvalue weighted by Gasteiger charge is -2.34. The van der Waals surface area contributed by atoms with Crippen LogP contribution >= 0.6 is 12.2 Å². The third-order valence-corrected chi connectivity index (χ3v) is 3.15. The molecule has 0 bridgehead atoms. The third kappa shape index (κ3) is 1.22. The minimum Gasteiger partial charge on any atom is -0.376 e. The highest BCUT2D eigenvalue weighted by atomic mass is 32.1. The van der Waals surface area contributed by atoms with Crippen LogP contribution in [-0.2, 0) is 0 Å². The van der Waals surface area contributed by atoms with Crippen LogP contribution in [0.25, 0.3) is 0 Å². The van der Waals surface area contributed by atoms with E-state index in [-0.39, 0.29) is 0 Å². The summed E-state index contributed by atoms with van der Waals surface area (Å²) in [6.45, 7) is 0. The molecule has 3 heteroatoms. The fourth-order valence-corrected chi connectivity index (χ4v) is 2.18. The monoisotopic (exact) mass is 170 g/mol. The summed E-state index contributed by atoms with van der Waals surface area (Å²) >= 11 is 4.84. The van der Waals surface area contributed by atoms with Crippen molar-refractivity contribution in [2.45, 2.75) is 37.6 Å². The van der Waals surface area contributed by atoms with Crippen LogP contribution in [0.4, 0.5) is 0 Å². The Bertz CT molecular complexity index is 183. The zero-order valence-corrected chi connectivity index (χ0v) is 7.41. The van der Waals surface area contributed by atoms with Crippen LogP contribution in [0.15, 0.2) is 0 Å². The number of thiocarbonyl (C=S) groups is 1. The van der Waals surface area contributed by atoms with Gasteiger partial charge in [-0.05, 0) is 43.8 Å². The van der Waals surface area contributed by atoms with Gasteiger partial charge in [-0.3, -0.25) is 0 Å². The standard InChI is InChI=1S/C8H14N2S/c9-7(11)10-8(4-5-8)6-2-1-3-6/h6H,1-5H2,(H3,9,10,11). The first-order valence-corrected chi connectivity index (χ1v) is 4.71. The molecule has 2 rings (SSSR count). The molecule has 0 radical (unpaired) electrons. The van der Waals surface area contributed by atoms with Gasteiger partial charge < -0.3 is 11.1 Å². The van der Waals surface area contributed by atoms with Crippen molar-refractivity contribution in [3.05, 3.63) is 0 Å². The van der Waals surface area contributed by atoms with Gasteiger partial charge in [-0.1, -0.05) is 6.42 Å². The molecule has 0 aromatic heterocycles. The van der Waals surface area contributed by atoms with E-state index >= 15 is 0 Å². The average Bonchev–Trinajstić information content (AvgIpc) is 2.40. The maximum absolute atomic E-state index is 5.46. The van der Waals surface area contributed by atoms with Crippen LogP contribution in [0.2, 0.25) is 0 Å². The summed E-state index contributed by atoms with van der Waals surface area (Å²) in [5.41, 5.74) is 5.81. The molecule has 0 aliphatic heterocycles. The molecule has 0 saturated heterocycles. The van der Waals surface area contributed by atoms with Gasteiger partial charge in [-0.25, -0.2) is 0 Å². The molecule has 2 nitrogen and oxygen atoms in total. The Morgan fingerprint density at radius 3 is 2.36 bits per heavy atom. The fourth-order valence-electron chi connectivity index (χ4n) is 1.98. The van der Waals surface area contributed by atoms with Gasteiger partial charge in [0.25, 0.3) is 0 Å². The highest BCUT2D eigenvalue weighted by molar-refractivity contribution is 7.80. The Balaban J connectivity index is 1.93. The van der Waals surface area contributed by atoms with E-state index in [4.69, 9.17) is 18.0 Å². The normalized spacial score (nSPS) is 27.3. The largest absolute Gasteiger partial charge is 0.376 e. The van der Waals surface area contributed by atoms with Crippen molar-refractivity contribution in [1.82, 2.24) is 5.32 Å². The lowest BCUT2D eigenvalue weighted by atomic mass is 9.78. The van der Waals surface area contributed by atoms with Gasteiger partial charge in [0.1, 0.15) is 0 Å². The van der Waals surface area contributed by atoms with Gasteiger partial charge in [-0.2, -0.15) is 0 Å². The van der Waals surface area contributed by atoms with Crippen LogP contribution < -0.4 is 11.1 Å². The topological polar surface area (TPSA) is 38.0 Å². The summed E-state index contributed by atoms with van der Waals surface area (Å²) in [6, 6.07) is 0. The van der Waals surface area contributed by atoms with Gasteiger partial charge in [0.15, 0.2) is 5.11 Å². The second kappa shape index (κ2) is 2.34. The first kappa shape index (κ1) is 7.35. The quantitative estimate of drug-likeness (QED) is 0.611. The summed E-state index contributed by atoms with van der Waals surface area (Å²) in [6.07, 6.45) is 6.68. The number of hydrogen-bond donors (Lipinski definition) is 2. The molecule has 3 N–H and O–H groups in total. The van der Waals surface area contributed by atoms with Crippen molar-refractivity contribution in [2.24, 2.45) is 11.7 Å². The Labute approximate surface area is 72.5 Å². The summed E-state index contributed by atoms with van der Waals surface area (Å²) in [5, 5.41) is 3.72. The molecule has 2 aliphatic rings. The second-order valence-electron chi connectivity index (χ2n) is 3.77. The van der Waals surface area contributed by atoms with E-state index < -0.39 is 0 Å². The van der Waals surface area contributed by atoms with Crippen LogP contribution in [0, 0.1) is 5.92 Å². The minimum absolute atomic E-state index is 0.351. The molecule has 0 heterocycles. The zero-order valence-electron chi connectivity index (χ0n) is 6.60. The van der Waals surface area contributed by atoms with Crippen molar-refractivity contribution in [1.29, 1.82) is 0 Å². The van der Waals surface area contributed by atoms with Gasteiger partial charge in [-0.15, -0.1) is 0 Å². The lowest BCUT2D eigenvalue weighted by Crippen LogP contribution is -2.47. The SMILES string of the molecule is NC(=S)NC1(C2CCC2)CC1. The van der Waals surface area contributed by atoms with Gasteiger partial charge >= 0.3 is 0 Å². The number of hydrogen-bond acceptors (Lipinski definition) is 1. The fraction of sp³-hybridized carbons (Fsp3) is 0.875. The van der Waals surface area contributed by atoms with Gasteiger partial charge in [0.2, 0.25) is 0 Å². The summed E-state index contributed by atoms with van der Waals surface area (Å²) in [5.74, 6) is 0.865.